The van der Waals surface area contributed by atoms with Gasteiger partial charge in [0.1, 0.15) is 5.82 Å². The molecule has 2 heterocycles. The minimum atomic E-state index is -0.222. The fourth-order valence-electron chi connectivity index (χ4n) is 4.40. The van der Waals surface area contributed by atoms with E-state index in [0.29, 0.717) is 0 Å². The van der Waals surface area contributed by atoms with Crippen LogP contribution in [0.25, 0.3) is 0 Å². The van der Waals surface area contributed by atoms with E-state index >= 15 is 0 Å². The Morgan fingerprint density at radius 3 is 2.68 bits per heavy atom. The number of halogens is 1. The van der Waals surface area contributed by atoms with Gasteiger partial charge in [0.25, 0.3) is 0 Å². The van der Waals surface area contributed by atoms with Gasteiger partial charge in [-0.25, -0.2) is 4.39 Å². The number of anilines is 2. The quantitative estimate of drug-likeness (QED) is 0.879. The van der Waals surface area contributed by atoms with Crippen LogP contribution in [0.2, 0.25) is 0 Å². The second kappa shape index (κ2) is 7.82. The summed E-state index contributed by atoms with van der Waals surface area (Å²) >= 11 is 0. The van der Waals surface area contributed by atoms with E-state index < -0.39 is 0 Å². The number of hydrogen-bond acceptors (Lipinski definition) is 3. The summed E-state index contributed by atoms with van der Waals surface area (Å²) in [6.45, 7) is 6.61. The molecule has 0 unspecified atom stereocenters. The van der Waals surface area contributed by atoms with Gasteiger partial charge >= 0.3 is 0 Å². The molecule has 2 aromatic rings. The Hall–Kier alpha value is -2.56. The van der Waals surface area contributed by atoms with Gasteiger partial charge in [0, 0.05) is 37.1 Å². The lowest BCUT2D eigenvalue weighted by Crippen LogP contribution is -2.61. The summed E-state index contributed by atoms with van der Waals surface area (Å²) in [6.07, 6.45) is 1.68. The molecule has 3 atom stereocenters. The maximum Gasteiger partial charge on any atom is 0.225 e. The van der Waals surface area contributed by atoms with Crippen LogP contribution in [0.5, 0.6) is 0 Å². The molecule has 148 valence electrons. The van der Waals surface area contributed by atoms with Crippen LogP contribution in [0.1, 0.15) is 25.8 Å². The normalized spacial score (nSPS) is 22.2. The van der Waals surface area contributed by atoms with Gasteiger partial charge in [-0.15, -0.1) is 0 Å². The van der Waals surface area contributed by atoms with Gasteiger partial charge in [-0.1, -0.05) is 25.1 Å². The van der Waals surface area contributed by atoms with Crippen molar-refractivity contribution < 1.29 is 9.18 Å². The van der Waals surface area contributed by atoms with Crippen molar-refractivity contribution in [3.63, 3.8) is 0 Å². The van der Waals surface area contributed by atoms with E-state index in [2.05, 4.69) is 53.2 Å². The molecule has 4 nitrogen and oxygen atoms in total. The molecule has 2 aliphatic heterocycles. The van der Waals surface area contributed by atoms with Crippen molar-refractivity contribution in [1.29, 1.82) is 0 Å². The van der Waals surface area contributed by atoms with E-state index in [1.165, 1.54) is 23.4 Å². The lowest BCUT2D eigenvalue weighted by Gasteiger charge is -2.49. The van der Waals surface area contributed by atoms with E-state index in [0.717, 1.165) is 38.2 Å². The third-order valence-electron chi connectivity index (χ3n) is 6.15. The van der Waals surface area contributed by atoms with Crippen LogP contribution >= 0.6 is 0 Å². The molecule has 0 aliphatic carbocycles. The molecule has 28 heavy (non-hydrogen) atoms. The lowest BCUT2D eigenvalue weighted by atomic mass is 9.83. The van der Waals surface area contributed by atoms with Crippen LogP contribution in [0.3, 0.4) is 0 Å². The highest BCUT2D eigenvalue weighted by atomic mass is 19.1. The monoisotopic (exact) mass is 381 g/mol. The van der Waals surface area contributed by atoms with E-state index in [1.807, 2.05) is 12.1 Å². The van der Waals surface area contributed by atoms with E-state index in [-0.39, 0.29) is 29.7 Å². The highest BCUT2D eigenvalue weighted by molar-refractivity contribution is 5.82. The van der Waals surface area contributed by atoms with E-state index in [4.69, 9.17) is 0 Å². The van der Waals surface area contributed by atoms with Gasteiger partial charge in [0.2, 0.25) is 5.91 Å². The third-order valence-corrected chi connectivity index (χ3v) is 6.15. The summed E-state index contributed by atoms with van der Waals surface area (Å²) in [7, 11) is 0. The molecular weight excluding hydrogens is 353 g/mol. The first kappa shape index (κ1) is 18.8. The standard InChI is InChI=1S/C23H28FN3O/c1-3-16(2)25-23(28)20-14-17-6-4-5-7-21(17)27-13-12-26(15-22(20)27)19-10-8-18(24)9-11-19/h4-11,16,20,22H,3,12-15H2,1-2H3,(H,25,28)/t16-,20-,22-/m0/s1. The minimum Gasteiger partial charge on any atom is -0.368 e. The number of hydrogen-bond donors (Lipinski definition) is 1. The lowest BCUT2D eigenvalue weighted by molar-refractivity contribution is -0.126. The van der Waals surface area contributed by atoms with Crippen LogP contribution in [0.4, 0.5) is 15.8 Å². The second-order valence-corrected chi connectivity index (χ2v) is 7.94. The summed E-state index contributed by atoms with van der Waals surface area (Å²) in [5, 5.41) is 3.19. The number of benzene rings is 2. The molecule has 0 saturated carbocycles. The fourth-order valence-corrected chi connectivity index (χ4v) is 4.40. The maximum absolute atomic E-state index is 13.3. The average molecular weight is 381 g/mol. The third kappa shape index (κ3) is 3.58. The van der Waals surface area contributed by atoms with Crippen LogP contribution in [0, 0.1) is 11.7 Å². The Morgan fingerprint density at radius 2 is 1.93 bits per heavy atom. The summed E-state index contributed by atoms with van der Waals surface area (Å²) < 4.78 is 13.3. The van der Waals surface area contributed by atoms with Gasteiger partial charge in [-0.05, 0) is 55.7 Å². The number of carbonyl (C=O) groups excluding carboxylic acids is 1. The van der Waals surface area contributed by atoms with Crippen LogP contribution in [-0.4, -0.2) is 37.6 Å². The molecule has 1 amide bonds. The zero-order valence-corrected chi connectivity index (χ0v) is 16.6. The van der Waals surface area contributed by atoms with Crippen molar-refractivity contribution in [1.82, 2.24) is 5.32 Å². The van der Waals surface area contributed by atoms with Crippen molar-refractivity contribution in [2.24, 2.45) is 5.92 Å². The highest BCUT2D eigenvalue weighted by Gasteiger charge is 2.41. The van der Waals surface area contributed by atoms with Crippen LogP contribution < -0.4 is 15.1 Å². The molecule has 5 heteroatoms. The van der Waals surface area contributed by atoms with Gasteiger partial charge < -0.3 is 15.1 Å². The summed E-state index contributed by atoms with van der Waals surface area (Å²) in [6, 6.07) is 15.4. The van der Waals surface area contributed by atoms with Crippen LogP contribution in [-0.2, 0) is 11.2 Å². The number of piperazine rings is 1. The molecule has 1 saturated heterocycles. The van der Waals surface area contributed by atoms with Gasteiger partial charge in [-0.2, -0.15) is 0 Å². The first-order valence-electron chi connectivity index (χ1n) is 10.2. The van der Waals surface area contributed by atoms with Gasteiger partial charge in [0.15, 0.2) is 0 Å². The first-order valence-corrected chi connectivity index (χ1v) is 10.2. The first-order chi connectivity index (χ1) is 13.6. The van der Waals surface area contributed by atoms with Crippen molar-refractivity contribution in [3.05, 3.63) is 59.9 Å². The Kier molecular flexibility index (Phi) is 5.25. The molecule has 0 spiro atoms. The number of amides is 1. The zero-order valence-electron chi connectivity index (χ0n) is 16.6. The number of para-hydroxylation sites is 1. The smallest absolute Gasteiger partial charge is 0.225 e. The van der Waals surface area contributed by atoms with Crippen molar-refractivity contribution in [2.75, 3.05) is 29.4 Å². The van der Waals surface area contributed by atoms with Crippen LogP contribution in [0.15, 0.2) is 48.5 Å². The summed E-state index contributed by atoms with van der Waals surface area (Å²) in [5.41, 5.74) is 3.51. The van der Waals surface area contributed by atoms with Crippen molar-refractivity contribution >= 4 is 17.3 Å². The van der Waals surface area contributed by atoms with E-state index in [1.54, 1.807) is 0 Å². The molecule has 0 bridgehead atoms. The fraction of sp³-hybridized carbons (Fsp3) is 0.435. The predicted octanol–water partition coefficient (Wildman–Crippen LogP) is 3.61. The molecule has 0 aromatic heterocycles. The second-order valence-electron chi connectivity index (χ2n) is 7.94. The highest BCUT2D eigenvalue weighted by Crippen LogP contribution is 2.37. The summed E-state index contributed by atoms with van der Waals surface area (Å²) in [4.78, 5) is 17.8. The van der Waals surface area contributed by atoms with Crippen molar-refractivity contribution in [2.45, 2.75) is 38.8 Å². The largest absolute Gasteiger partial charge is 0.368 e. The summed E-state index contributed by atoms with van der Waals surface area (Å²) in [5.74, 6) is -0.174. The molecule has 4 rings (SSSR count). The topological polar surface area (TPSA) is 35.6 Å². The van der Waals surface area contributed by atoms with Gasteiger partial charge in [-0.3, -0.25) is 4.79 Å². The Balaban J connectivity index is 1.62. The van der Waals surface area contributed by atoms with E-state index in [9.17, 15) is 9.18 Å². The molecule has 1 N–H and O–H groups in total. The number of carbonyl (C=O) groups is 1. The predicted molar refractivity (Wildman–Crippen MR) is 111 cm³/mol. The Morgan fingerprint density at radius 1 is 1.18 bits per heavy atom. The molecule has 0 radical (unpaired) electrons. The number of nitrogens with zero attached hydrogens (tertiary/aromatic N) is 2. The van der Waals surface area contributed by atoms with Crippen molar-refractivity contribution in [3.8, 4) is 0 Å². The average Bonchev–Trinajstić information content (AvgIpc) is 2.73. The SMILES string of the molecule is CC[C@H](C)NC(=O)[C@H]1Cc2ccccc2N2CCN(c3ccc(F)cc3)C[C@@H]12. The maximum atomic E-state index is 13.3. The number of nitrogens with one attached hydrogen (secondary N) is 1. The zero-order chi connectivity index (χ0) is 19.7. The molecular formula is C23H28FN3O. The molecule has 2 aromatic carbocycles. The molecule has 2 aliphatic rings. The Labute approximate surface area is 166 Å². The molecule has 1 fully saturated rings. The number of rotatable bonds is 4. The minimum absolute atomic E-state index is 0.0906. The Bertz CT molecular complexity index is 838. The number of fused-ring (bicyclic) bond motifs is 3. The van der Waals surface area contributed by atoms with Gasteiger partial charge in [0.05, 0.1) is 12.0 Å².